The van der Waals surface area contributed by atoms with Crippen LogP contribution in [0.15, 0.2) is 34.7 Å². The van der Waals surface area contributed by atoms with E-state index in [2.05, 4.69) is 5.32 Å². The van der Waals surface area contributed by atoms with E-state index in [1.54, 1.807) is 4.90 Å². The molecule has 2 amide bonds. The minimum Gasteiger partial charge on any atom is -0.459 e. The van der Waals surface area contributed by atoms with Crippen LogP contribution in [0.4, 0.5) is 0 Å². The highest BCUT2D eigenvalue weighted by molar-refractivity contribution is 5.90. The Morgan fingerprint density at radius 2 is 2.04 bits per heavy atom. The van der Waals surface area contributed by atoms with E-state index in [9.17, 15) is 9.59 Å². The minimum absolute atomic E-state index is 0.0746. The van der Waals surface area contributed by atoms with Crippen LogP contribution in [0.5, 0.6) is 0 Å². The number of nitrogens with zero attached hydrogens (tertiary/aromatic N) is 1. The Morgan fingerprint density at radius 3 is 2.79 bits per heavy atom. The largest absolute Gasteiger partial charge is 0.459 e. The number of para-hydroxylation sites is 1. The van der Waals surface area contributed by atoms with Gasteiger partial charge in [-0.05, 0) is 44.7 Å². The second kappa shape index (κ2) is 5.96. The first-order chi connectivity index (χ1) is 11.6. The lowest BCUT2D eigenvalue weighted by Crippen LogP contribution is -2.47. The minimum atomic E-state index is -0.329. The van der Waals surface area contributed by atoms with Gasteiger partial charge in [-0.2, -0.15) is 0 Å². The number of benzene rings is 1. The predicted octanol–water partition coefficient (Wildman–Crippen LogP) is 3.01. The van der Waals surface area contributed by atoms with E-state index < -0.39 is 0 Å². The van der Waals surface area contributed by atoms with Crippen LogP contribution in [0.3, 0.4) is 0 Å². The van der Waals surface area contributed by atoms with Crippen LogP contribution in [-0.2, 0) is 9.59 Å². The smallest absolute Gasteiger partial charge is 0.243 e. The van der Waals surface area contributed by atoms with Crippen molar-refractivity contribution in [3.8, 4) is 0 Å². The first-order valence-corrected chi connectivity index (χ1v) is 8.73. The van der Waals surface area contributed by atoms with Gasteiger partial charge in [-0.25, -0.2) is 0 Å². The number of nitrogens with one attached hydrogen (secondary N) is 1. The van der Waals surface area contributed by atoms with Gasteiger partial charge in [-0.3, -0.25) is 9.59 Å². The van der Waals surface area contributed by atoms with Gasteiger partial charge in [0, 0.05) is 17.8 Å². The van der Waals surface area contributed by atoms with Gasteiger partial charge >= 0.3 is 0 Å². The van der Waals surface area contributed by atoms with Crippen LogP contribution in [-0.4, -0.2) is 29.3 Å². The second-order valence-corrected chi connectivity index (χ2v) is 6.88. The van der Waals surface area contributed by atoms with Crippen molar-refractivity contribution in [1.82, 2.24) is 10.2 Å². The summed E-state index contributed by atoms with van der Waals surface area (Å²) in [6, 6.07) is 9.21. The van der Waals surface area contributed by atoms with Crippen LogP contribution >= 0.6 is 0 Å². The first-order valence-electron chi connectivity index (χ1n) is 8.73. The van der Waals surface area contributed by atoms with Crippen molar-refractivity contribution in [2.24, 2.45) is 5.92 Å². The maximum absolute atomic E-state index is 12.7. The topological polar surface area (TPSA) is 62.6 Å². The molecule has 5 nitrogen and oxygen atoms in total. The highest BCUT2D eigenvalue weighted by Gasteiger charge is 2.41. The molecule has 0 bridgehead atoms. The summed E-state index contributed by atoms with van der Waals surface area (Å²) < 4.78 is 5.82. The molecule has 0 radical (unpaired) electrons. The van der Waals surface area contributed by atoms with E-state index in [-0.39, 0.29) is 29.8 Å². The summed E-state index contributed by atoms with van der Waals surface area (Å²) in [5.74, 6) is 0.979. The number of hydrogen-bond donors (Lipinski definition) is 1. The zero-order chi connectivity index (χ0) is 16.7. The third kappa shape index (κ3) is 2.79. The molecule has 0 spiro atoms. The number of carbonyl (C=O) groups excluding carboxylic acids is 2. The Morgan fingerprint density at radius 1 is 1.25 bits per heavy atom. The number of hydrogen-bond acceptors (Lipinski definition) is 3. The normalized spacial score (nSPS) is 21.9. The van der Waals surface area contributed by atoms with E-state index in [4.69, 9.17) is 4.42 Å². The predicted molar refractivity (Wildman–Crippen MR) is 90.2 cm³/mol. The number of rotatable bonds is 4. The average Bonchev–Trinajstić information content (AvgIpc) is 3.15. The Balaban J connectivity index is 1.45. The molecule has 126 valence electrons. The number of carbonyl (C=O) groups is 2. The van der Waals surface area contributed by atoms with Gasteiger partial charge in [0.25, 0.3) is 0 Å². The lowest BCUT2D eigenvalue weighted by Gasteiger charge is -2.25. The van der Waals surface area contributed by atoms with Gasteiger partial charge < -0.3 is 14.6 Å². The number of furan rings is 1. The Kier molecular flexibility index (Phi) is 3.79. The summed E-state index contributed by atoms with van der Waals surface area (Å²) in [7, 11) is 0. The third-order valence-electron chi connectivity index (χ3n) is 5.00. The average molecular weight is 326 g/mol. The van der Waals surface area contributed by atoms with Gasteiger partial charge in [-0.15, -0.1) is 0 Å². The summed E-state index contributed by atoms with van der Waals surface area (Å²) in [4.78, 5) is 26.8. The summed E-state index contributed by atoms with van der Waals surface area (Å²) in [6.45, 7) is 2.62. The SMILES string of the molecule is C[C@@H](NC(=O)[C@@H]1CCCN1C(=O)C1CC1)c1cc2ccccc2o1. The second-order valence-electron chi connectivity index (χ2n) is 6.88. The number of likely N-dealkylation sites (tertiary alicyclic amines) is 1. The van der Waals surface area contributed by atoms with Crippen LogP contribution < -0.4 is 5.32 Å². The van der Waals surface area contributed by atoms with Gasteiger partial charge in [0.1, 0.15) is 17.4 Å². The van der Waals surface area contributed by atoms with Crippen molar-refractivity contribution in [2.75, 3.05) is 6.54 Å². The summed E-state index contributed by atoms with van der Waals surface area (Å²) in [5.41, 5.74) is 0.819. The quantitative estimate of drug-likeness (QED) is 0.939. The molecule has 1 saturated heterocycles. The molecule has 0 unspecified atom stereocenters. The van der Waals surface area contributed by atoms with Crippen molar-refractivity contribution in [3.05, 3.63) is 36.1 Å². The molecule has 1 aliphatic carbocycles. The van der Waals surface area contributed by atoms with E-state index in [0.717, 1.165) is 42.4 Å². The fraction of sp³-hybridized carbons (Fsp3) is 0.474. The van der Waals surface area contributed by atoms with Crippen molar-refractivity contribution in [1.29, 1.82) is 0 Å². The van der Waals surface area contributed by atoms with Gasteiger partial charge in [-0.1, -0.05) is 18.2 Å². The van der Waals surface area contributed by atoms with Crippen LogP contribution in [0.1, 0.15) is 44.4 Å². The third-order valence-corrected chi connectivity index (χ3v) is 5.00. The summed E-state index contributed by atoms with van der Waals surface area (Å²) in [5, 5.41) is 4.04. The fourth-order valence-corrected chi connectivity index (χ4v) is 3.46. The molecule has 1 aromatic carbocycles. The molecular formula is C19H22N2O3. The monoisotopic (exact) mass is 326 g/mol. The fourth-order valence-electron chi connectivity index (χ4n) is 3.46. The molecule has 1 N–H and O–H groups in total. The highest BCUT2D eigenvalue weighted by atomic mass is 16.3. The molecule has 2 heterocycles. The molecule has 4 rings (SSSR count). The lowest BCUT2D eigenvalue weighted by atomic mass is 10.1. The zero-order valence-corrected chi connectivity index (χ0v) is 13.8. The molecule has 2 aromatic rings. The van der Waals surface area contributed by atoms with Crippen molar-refractivity contribution < 1.29 is 14.0 Å². The lowest BCUT2D eigenvalue weighted by molar-refractivity contribution is -0.139. The van der Waals surface area contributed by atoms with E-state index in [0.29, 0.717) is 6.54 Å². The molecule has 2 fully saturated rings. The maximum Gasteiger partial charge on any atom is 0.243 e. The molecule has 1 aromatic heterocycles. The Labute approximate surface area is 141 Å². The molecule has 5 heteroatoms. The molecule has 1 aliphatic heterocycles. The highest BCUT2D eigenvalue weighted by Crippen LogP contribution is 2.34. The van der Waals surface area contributed by atoms with Crippen molar-refractivity contribution in [3.63, 3.8) is 0 Å². The summed E-state index contributed by atoms with van der Waals surface area (Å²) in [6.07, 6.45) is 3.59. The van der Waals surface area contributed by atoms with Crippen LogP contribution in [0.25, 0.3) is 11.0 Å². The van der Waals surface area contributed by atoms with Gasteiger partial charge in [0.05, 0.1) is 6.04 Å². The summed E-state index contributed by atoms with van der Waals surface area (Å²) >= 11 is 0. The number of fused-ring (bicyclic) bond motifs is 1. The molecule has 1 saturated carbocycles. The van der Waals surface area contributed by atoms with E-state index >= 15 is 0 Å². The van der Waals surface area contributed by atoms with E-state index in [1.165, 1.54) is 0 Å². The molecular weight excluding hydrogens is 304 g/mol. The van der Waals surface area contributed by atoms with Crippen LogP contribution in [0, 0.1) is 5.92 Å². The van der Waals surface area contributed by atoms with Gasteiger partial charge in [0.2, 0.25) is 11.8 Å². The van der Waals surface area contributed by atoms with Crippen LogP contribution in [0.2, 0.25) is 0 Å². The molecule has 2 atom stereocenters. The molecule has 2 aliphatic rings. The number of amides is 2. The molecule has 24 heavy (non-hydrogen) atoms. The Hall–Kier alpha value is -2.30. The van der Waals surface area contributed by atoms with E-state index in [1.807, 2.05) is 37.3 Å². The van der Waals surface area contributed by atoms with Crippen molar-refractivity contribution in [2.45, 2.75) is 44.7 Å². The van der Waals surface area contributed by atoms with Gasteiger partial charge in [0.15, 0.2) is 0 Å². The zero-order valence-electron chi connectivity index (χ0n) is 13.8. The van der Waals surface area contributed by atoms with Crippen molar-refractivity contribution >= 4 is 22.8 Å². The Bertz CT molecular complexity index is 745. The first kappa shape index (κ1) is 15.2. The standard InChI is InChI=1S/C19H22N2O3/c1-12(17-11-14-5-2-3-7-16(14)24-17)20-18(22)15-6-4-10-21(15)19(23)13-8-9-13/h2-3,5,7,11-13,15H,4,6,8-10H2,1H3,(H,20,22)/t12-,15+/m1/s1. The maximum atomic E-state index is 12.7.